The summed E-state index contributed by atoms with van der Waals surface area (Å²) in [5, 5.41) is 2.43. The molecule has 11 heteroatoms. The third kappa shape index (κ3) is 4.47. The van der Waals surface area contributed by atoms with Crippen LogP contribution in [0.2, 0.25) is 0 Å². The van der Waals surface area contributed by atoms with Crippen LogP contribution in [0.1, 0.15) is 53.3 Å². The zero-order chi connectivity index (χ0) is 26.4. The fraction of sp³-hybridized carbons (Fsp3) is 0.333. The van der Waals surface area contributed by atoms with Gasteiger partial charge in [0, 0.05) is 48.2 Å². The first-order chi connectivity index (χ1) is 18.3. The van der Waals surface area contributed by atoms with E-state index < -0.39 is 17.6 Å². The first-order valence-corrected chi connectivity index (χ1v) is 12.6. The highest BCUT2D eigenvalue weighted by molar-refractivity contribution is 6.04. The summed E-state index contributed by atoms with van der Waals surface area (Å²) in [5.74, 6) is 0.852. The van der Waals surface area contributed by atoms with E-state index in [9.17, 15) is 18.0 Å². The third-order valence-corrected chi connectivity index (χ3v) is 7.53. The van der Waals surface area contributed by atoms with Crippen molar-refractivity contribution in [1.29, 1.82) is 0 Å². The number of carbonyl (C=O) groups excluding carboxylic acids is 1. The molecule has 0 radical (unpaired) electrons. The van der Waals surface area contributed by atoms with Crippen LogP contribution < -0.4 is 11.1 Å². The molecular formula is C27H26F3N7O. The Bertz CT molecular complexity index is 1500. The molecule has 3 N–H and O–H groups in total. The molecular weight excluding hydrogens is 495 g/mol. The van der Waals surface area contributed by atoms with Crippen LogP contribution in [0.5, 0.6) is 0 Å². The molecule has 3 aromatic heterocycles. The summed E-state index contributed by atoms with van der Waals surface area (Å²) in [6.45, 7) is 2.09. The second-order valence-corrected chi connectivity index (χ2v) is 9.87. The Balaban J connectivity index is 1.27. The standard InChI is InChI=1S/C27H26F3N7O/c28-27(29,30)19-9-10-32-21(14-19)34-26(38)17-5-3-16(4-6-17)22-23-24(31)33-11-13-37(23)25(35-22)18-7-8-20-2-1-12-36(20)15-18/h3-6,9-11,13-14,18,20H,1-2,7-8,12,15H2,(H2,31,33)(H,32,34,38). The number of carbonyl (C=O) groups is 1. The molecule has 0 bridgehead atoms. The average molecular weight is 522 g/mol. The van der Waals surface area contributed by atoms with Crippen LogP contribution in [-0.2, 0) is 6.18 Å². The zero-order valence-electron chi connectivity index (χ0n) is 20.4. The van der Waals surface area contributed by atoms with Crippen LogP contribution in [0.4, 0.5) is 24.8 Å². The molecule has 0 saturated carbocycles. The zero-order valence-corrected chi connectivity index (χ0v) is 20.4. The lowest BCUT2D eigenvalue weighted by atomic mass is 9.92. The average Bonchev–Trinajstić information content (AvgIpc) is 3.53. The number of alkyl halides is 3. The number of fused-ring (bicyclic) bond motifs is 2. The molecule has 2 aliphatic heterocycles. The number of imidazole rings is 1. The van der Waals surface area contributed by atoms with Crippen molar-refractivity contribution in [2.75, 3.05) is 24.1 Å². The van der Waals surface area contributed by atoms with Crippen molar-refractivity contribution in [2.24, 2.45) is 0 Å². The van der Waals surface area contributed by atoms with Gasteiger partial charge in [0.15, 0.2) is 0 Å². The molecule has 2 unspecified atom stereocenters. The summed E-state index contributed by atoms with van der Waals surface area (Å²) in [4.78, 5) is 28.4. The Labute approximate surface area is 216 Å². The normalized spacial score (nSPS) is 20.0. The second kappa shape index (κ2) is 9.39. The Hall–Kier alpha value is -3.99. The van der Waals surface area contributed by atoms with E-state index in [4.69, 9.17) is 10.7 Å². The molecule has 8 nitrogen and oxygen atoms in total. The van der Waals surface area contributed by atoms with Crippen LogP contribution in [0.25, 0.3) is 16.8 Å². The third-order valence-electron chi connectivity index (χ3n) is 7.53. The number of hydrogen-bond donors (Lipinski definition) is 2. The number of amides is 1. The molecule has 6 rings (SSSR count). The molecule has 1 aromatic carbocycles. The summed E-state index contributed by atoms with van der Waals surface area (Å²) >= 11 is 0. The smallest absolute Gasteiger partial charge is 0.382 e. The summed E-state index contributed by atoms with van der Waals surface area (Å²) in [5.41, 5.74) is 7.85. The molecule has 2 atom stereocenters. The fourth-order valence-corrected chi connectivity index (χ4v) is 5.66. The number of aromatic nitrogens is 4. The topological polar surface area (TPSA) is 101 Å². The van der Waals surface area contributed by atoms with Crippen molar-refractivity contribution in [3.63, 3.8) is 0 Å². The Morgan fingerprint density at radius 3 is 2.66 bits per heavy atom. The SMILES string of the molecule is Nc1nccn2c(C3CCC4CCCN4C3)nc(-c3ccc(C(=O)Nc4cc(C(F)(F)F)ccn4)cc3)c12. The van der Waals surface area contributed by atoms with Gasteiger partial charge in [-0.1, -0.05) is 12.1 Å². The number of hydrogen-bond acceptors (Lipinski definition) is 6. The molecule has 4 aromatic rings. The molecule has 0 aliphatic carbocycles. The van der Waals surface area contributed by atoms with Crippen LogP contribution in [0.3, 0.4) is 0 Å². The molecule has 38 heavy (non-hydrogen) atoms. The number of nitrogens with one attached hydrogen (secondary N) is 1. The number of anilines is 2. The molecule has 196 valence electrons. The largest absolute Gasteiger partial charge is 0.416 e. The Morgan fingerprint density at radius 1 is 1.05 bits per heavy atom. The molecule has 2 aliphatic rings. The number of piperidine rings is 1. The maximum atomic E-state index is 13.0. The first kappa shape index (κ1) is 24.4. The summed E-state index contributed by atoms with van der Waals surface area (Å²) in [7, 11) is 0. The lowest BCUT2D eigenvalue weighted by molar-refractivity contribution is -0.137. The van der Waals surface area contributed by atoms with Gasteiger partial charge in [0.05, 0.1) is 5.56 Å². The van der Waals surface area contributed by atoms with Crippen molar-refractivity contribution in [1.82, 2.24) is 24.3 Å². The van der Waals surface area contributed by atoms with Crippen LogP contribution >= 0.6 is 0 Å². The number of nitrogen functional groups attached to an aromatic ring is 1. The van der Waals surface area contributed by atoms with Gasteiger partial charge < -0.3 is 11.1 Å². The van der Waals surface area contributed by atoms with Crippen molar-refractivity contribution >= 4 is 23.1 Å². The highest BCUT2D eigenvalue weighted by Gasteiger charge is 2.34. The van der Waals surface area contributed by atoms with Crippen molar-refractivity contribution < 1.29 is 18.0 Å². The van der Waals surface area contributed by atoms with Gasteiger partial charge in [-0.05, 0) is 56.5 Å². The van der Waals surface area contributed by atoms with Crippen LogP contribution in [0.15, 0.2) is 55.0 Å². The molecule has 2 fully saturated rings. The Morgan fingerprint density at radius 2 is 1.87 bits per heavy atom. The second-order valence-electron chi connectivity index (χ2n) is 9.87. The Kier molecular flexibility index (Phi) is 6.02. The quantitative estimate of drug-likeness (QED) is 0.393. The van der Waals surface area contributed by atoms with Crippen LogP contribution in [0, 0.1) is 0 Å². The maximum absolute atomic E-state index is 13.0. The molecule has 1 amide bonds. The van der Waals surface area contributed by atoms with E-state index in [0.717, 1.165) is 61.2 Å². The minimum absolute atomic E-state index is 0.176. The van der Waals surface area contributed by atoms with Crippen LogP contribution in [-0.4, -0.2) is 49.3 Å². The van der Waals surface area contributed by atoms with Gasteiger partial charge in [-0.25, -0.2) is 15.0 Å². The van der Waals surface area contributed by atoms with Gasteiger partial charge >= 0.3 is 6.18 Å². The monoisotopic (exact) mass is 521 g/mol. The number of nitrogens with zero attached hydrogens (tertiary/aromatic N) is 5. The number of benzene rings is 1. The minimum atomic E-state index is -4.53. The van der Waals surface area contributed by atoms with Gasteiger partial charge in [-0.3, -0.25) is 14.1 Å². The van der Waals surface area contributed by atoms with Gasteiger partial charge in [-0.15, -0.1) is 0 Å². The summed E-state index contributed by atoms with van der Waals surface area (Å²) in [6, 6.07) is 9.04. The number of rotatable bonds is 4. The van der Waals surface area contributed by atoms with Gasteiger partial charge in [0.2, 0.25) is 0 Å². The lowest BCUT2D eigenvalue weighted by Crippen LogP contribution is -2.38. The van der Waals surface area contributed by atoms with E-state index in [1.54, 1.807) is 30.5 Å². The predicted molar refractivity (Wildman–Crippen MR) is 137 cm³/mol. The van der Waals surface area contributed by atoms with Gasteiger partial charge in [0.25, 0.3) is 5.91 Å². The molecule has 5 heterocycles. The van der Waals surface area contributed by atoms with E-state index >= 15 is 0 Å². The van der Waals surface area contributed by atoms with E-state index in [-0.39, 0.29) is 17.3 Å². The molecule has 2 saturated heterocycles. The maximum Gasteiger partial charge on any atom is 0.416 e. The van der Waals surface area contributed by atoms with Crippen molar-refractivity contribution in [3.05, 3.63) is 71.9 Å². The molecule has 0 spiro atoms. The lowest BCUT2D eigenvalue weighted by Gasteiger charge is -2.34. The highest BCUT2D eigenvalue weighted by atomic mass is 19.4. The van der Waals surface area contributed by atoms with E-state index in [1.165, 1.54) is 12.8 Å². The summed E-state index contributed by atoms with van der Waals surface area (Å²) < 4.78 is 41.0. The van der Waals surface area contributed by atoms with E-state index in [0.29, 0.717) is 17.6 Å². The summed E-state index contributed by atoms with van der Waals surface area (Å²) in [6.07, 6.45) is 4.76. The van der Waals surface area contributed by atoms with Gasteiger partial charge in [0.1, 0.15) is 28.7 Å². The fourth-order valence-electron chi connectivity index (χ4n) is 5.66. The number of nitrogens with two attached hydrogens (primary N) is 1. The van der Waals surface area contributed by atoms with Gasteiger partial charge in [-0.2, -0.15) is 13.2 Å². The number of halogens is 3. The predicted octanol–water partition coefficient (Wildman–Crippen LogP) is 4.99. The van der Waals surface area contributed by atoms with Crippen molar-refractivity contribution in [2.45, 2.75) is 43.8 Å². The highest BCUT2D eigenvalue weighted by Crippen LogP contribution is 2.37. The van der Waals surface area contributed by atoms with E-state index in [2.05, 4.69) is 20.2 Å². The van der Waals surface area contributed by atoms with Crippen molar-refractivity contribution in [3.8, 4) is 11.3 Å². The first-order valence-electron chi connectivity index (χ1n) is 12.6. The van der Waals surface area contributed by atoms with E-state index in [1.807, 2.05) is 10.6 Å². The minimum Gasteiger partial charge on any atom is -0.382 e. The number of pyridine rings is 1.